The molecule has 0 bridgehead atoms. The van der Waals surface area contributed by atoms with Gasteiger partial charge in [0.25, 0.3) is 0 Å². The molecular weight excluding hydrogens is 202 g/mol. The number of para-hydroxylation sites is 1. The predicted octanol–water partition coefficient (Wildman–Crippen LogP) is 1.66. The summed E-state index contributed by atoms with van der Waals surface area (Å²) in [7, 11) is 0. The molecule has 0 radical (unpaired) electrons. The molecule has 4 heteroatoms. The van der Waals surface area contributed by atoms with Crippen LogP contribution in [0.1, 0.15) is 5.56 Å². The molecule has 0 spiro atoms. The highest BCUT2D eigenvalue weighted by Gasteiger charge is 2.18. The zero-order chi connectivity index (χ0) is 11.0. The van der Waals surface area contributed by atoms with E-state index in [2.05, 4.69) is 16.0 Å². The topological polar surface area (TPSA) is 61.0 Å². The largest absolute Gasteiger partial charge is 0.492 e. The van der Waals surface area contributed by atoms with E-state index < -0.39 is 0 Å². The Hall–Kier alpha value is -2.10. The smallest absolute Gasteiger partial charge is 0.150 e. The van der Waals surface area contributed by atoms with E-state index in [9.17, 15) is 0 Å². The van der Waals surface area contributed by atoms with Crippen molar-refractivity contribution < 1.29 is 4.74 Å². The Bertz CT molecular complexity index is 540. The average Bonchev–Trinajstić information content (AvgIpc) is 2.77. The number of fused-ring (bicyclic) bond motifs is 1. The minimum atomic E-state index is 0.436. The van der Waals surface area contributed by atoms with Crippen LogP contribution in [-0.2, 0) is 6.42 Å². The highest BCUT2D eigenvalue weighted by Crippen LogP contribution is 2.37. The molecular formula is C12H11N3O. The molecule has 4 nitrogen and oxygen atoms in total. The van der Waals surface area contributed by atoms with Crippen LogP contribution in [0.4, 0.5) is 5.82 Å². The van der Waals surface area contributed by atoms with Crippen molar-refractivity contribution in [3.8, 4) is 17.0 Å². The first kappa shape index (κ1) is 9.15. The molecule has 0 fully saturated rings. The fourth-order valence-corrected chi connectivity index (χ4v) is 1.96. The number of hydrogen-bond donors (Lipinski definition) is 1. The van der Waals surface area contributed by atoms with Crippen LogP contribution in [-0.4, -0.2) is 16.6 Å². The highest BCUT2D eigenvalue weighted by molar-refractivity contribution is 5.76. The molecule has 2 N–H and O–H groups in total. The standard InChI is InChI=1S/C12H11N3O/c13-12-10(14-5-6-15-12)9-3-1-2-8-4-7-16-11(8)9/h1-3,5-6H,4,7H2,(H2,13,15). The van der Waals surface area contributed by atoms with Crippen molar-refractivity contribution in [1.82, 2.24) is 9.97 Å². The second-order valence-corrected chi connectivity index (χ2v) is 3.68. The van der Waals surface area contributed by atoms with Gasteiger partial charge in [-0.3, -0.25) is 4.98 Å². The maximum Gasteiger partial charge on any atom is 0.150 e. The van der Waals surface area contributed by atoms with Gasteiger partial charge in [0.05, 0.1) is 6.61 Å². The Morgan fingerprint density at radius 1 is 1.19 bits per heavy atom. The minimum Gasteiger partial charge on any atom is -0.492 e. The third-order valence-electron chi connectivity index (χ3n) is 2.70. The van der Waals surface area contributed by atoms with Gasteiger partial charge in [-0.05, 0) is 11.6 Å². The first-order valence-electron chi connectivity index (χ1n) is 5.18. The van der Waals surface area contributed by atoms with E-state index in [1.165, 1.54) is 5.56 Å². The molecule has 1 aromatic carbocycles. The average molecular weight is 213 g/mol. The number of nitrogens with two attached hydrogens (primary N) is 1. The van der Waals surface area contributed by atoms with Crippen LogP contribution < -0.4 is 10.5 Å². The van der Waals surface area contributed by atoms with Crippen molar-refractivity contribution in [2.75, 3.05) is 12.3 Å². The molecule has 0 amide bonds. The third kappa shape index (κ3) is 1.31. The summed E-state index contributed by atoms with van der Waals surface area (Å²) in [5.74, 6) is 1.33. The summed E-state index contributed by atoms with van der Waals surface area (Å²) in [5, 5.41) is 0. The van der Waals surface area contributed by atoms with E-state index >= 15 is 0 Å². The first-order valence-corrected chi connectivity index (χ1v) is 5.18. The van der Waals surface area contributed by atoms with Crippen molar-refractivity contribution in [3.05, 3.63) is 36.2 Å². The fourth-order valence-electron chi connectivity index (χ4n) is 1.96. The van der Waals surface area contributed by atoms with Gasteiger partial charge in [0.15, 0.2) is 0 Å². The SMILES string of the molecule is Nc1nccnc1-c1cccc2c1OCC2. The van der Waals surface area contributed by atoms with E-state index in [1.54, 1.807) is 12.4 Å². The molecule has 2 aromatic rings. The lowest BCUT2D eigenvalue weighted by atomic mass is 10.1. The molecule has 3 rings (SSSR count). The van der Waals surface area contributed by atoms with Gasteiger partial charge in [-0.1, -0.05) is 12.1 Å². The Morgan fingerprint density at radius 3 is 2.94 bits per heavy atom. The lowest BCUT2D eigenvalue weighted by molar-refractivity contribution is 0.358. The summed E-state index contributed by atoms with van der Waals surface area (Å²) in [5.41, 5.74) is 8.65. The van der Waals surface area contributed by atoms with Crippen molar-refractivity contribution in [2.45, 2.75) is 6.42 Å². The zero-order valence-corrected chi connectivity index (χ0v) is 8.68. The van der Waals surface area contributed by atoms with Gasteiger partial charge in [-0.25, -0.2) is 4.98 Å². The Kier molecular flexibility index (Phi) is 1.99. The van der Waals surface area contributed by atoms with Crippen LogP contribution in [0.15, 0.2) is 30.6 Å². The molecule has 0 unspecified atom stereocenters. The summed E-state index contributed by atoms with van der Waals surface area (Å²) >= 11 is 0. The van der Waals surface area contributed by atoms with Gasteiger partial charge in [-0.2, -0.15) is 0 Å². The van der Waals surface area contributed by atoms with Crippen molar-refractivity contribution >= 4 is 5.82 Å². The number of benzene rings is 1. The fraction of sp³-hybridized carbons (Fsp3) is 0.167. The van der Waals surface area contributed by atoms with Crippen molar-refractivity contribution in [2.24, 2.45) is 0 Å². The molecule has 0 aliphatic carbocycles. The maximum absolute atomic E-state index is 5.82. The van der Waals surface area contributed by atoms with Crippen LogP contribution >= 0.6 is 0 Å². The first-order chi connectivity index (χ1) is 7.86. The normalized spacial score (nSPS) is 13.2. The van der Waals surface area contributed by atoms with Crippen molar-refractivity contribution in [3.63, 3.8) is 0 Å². The molecule has 2 heterocycles. The molecule has 0 atom stereocenters. The van der Waals surface area contributed by atoms with Gasteiger partial charge in [0.2, 0.25) is 0 Å². The van der Waals surface area contributed by atoms with Crippen LogP contribution in [0.5, 0.6) is 5.75 Å². The predicted molar refractivity (Wildman–Crippen MR) is 61.1 cm³/mol. The number of rotatable bonds is 1. The number of nitrogen functional groups attached to an aromatic ring is 1. The molecule has 16 heavy (non-hydrogen) atoms. The van der Waals surface area contributed by atoms with Crippen LogP contribution in [0.2, 0.25) is 0 Å². The molecule has 80 valence electrons. The van der Waals surface area contributed by atoms with E-state index in [0.29, 0.717) is 11.5 Å². The van der Waals surface area contributed by atoms with E-state index in [4.69, 9.17) is 10.5 Å². The lowest BCUT2D eigenvalue weighted by Gasteiger charge is -2.08. The van der Waals surface area contributed by atoms with E-state index in [0.717, 1.165) is 24.3 Å². The van der Waals surface area contributed by atoms with Crippen LogP contribution in [0.25, 0.3) is 11.3 Å². The Morgan fingerprint density at radius 2 is 2.06 bits per heavy atom. The summed E-state index contributed by atoms with van der Waals surface area (Å²) < 4.78 is 5.62. The number of nitrogens with zero attached hydrogens (tertiary/aromatic N) is 2. The Labute approximate surface area is 93.1 Å². The van der Waals surface area contributed by atoms with Gasteiger partial charge >= 0.3 is 0 Å². The number of aromatic nitrogens is 2. The van der Waals surface area contributed by atoms with Gasteiger partial charge in [0, 0.05) is 24.4 Å². The quantitative estimate of drug-likeness (QED) is 0.782. The number of hydrogen-bond acceptors (Lipinski definition) is 4. The van der Waals surface area contributed by atoms with Crippen molar-refractivity contribution in [1.29, 1.82) is 0 Å². The minimum absolute atomic E-state index is 0.436. The second kappa shape index (κ2) is 3.48. The van der Waals surface area contributed by atoms with Gasteiger partial charge in [0.1, 0.15) is 17.3 Å². The van der Waals surface area contributed by atoms with Gasteiger partial charge < -0.3 is 10.5 Å². The highest BCUT2D eigenvalue weighted by atomic mass is 16.5. The summed E-state index contributed by atoms with van der Waals surface area (Å²) in [6.07, 6.45) is 4.17. The number of anilines is 1. The lowest BCUT2D eigenvalue weighted by Crippen LogP contribution is -1.97. The molecule has 1 aromatic heterocycles. The van der Waals surface area contributed by atoms with E-state index in [1.807, 2.05) is 12.1 Å². The molecule has 0 saturated carbocycles. The zero-order valence-electron chi connectivity index (χ0n) is 8.68. The molecule has 1 aliphatic heterocycles. The molecule has 1 aliphatic rings. The second-order valence-electron chi connectivity index (χ2n) is 3.68. The van der Waals surface area contributed by atoms with Gasteiger partial charge in [-0.15, -0.1) is 0 Å². The maximum atomic E-state index is 5.82. The molecule has 0 saturated heterocycles. The summed E-state index contributed by atoms with van der Waals surface area (Å²) in [6, 6.07) is 6.03. The van der Waals surface area contributed by atoms with E-state index in [-0.39, 0.29) is 0 Å². The third-order valence-corrected chi connectivity index (χ3v) is 2.70. The Balaban J connectivity index is 2.21. The van der Waals surface area contributed by atoms with Crippen LogP contribution in [0, 0.1) is 0 Å². The monoisotopic (exact) mass is 213 g/mol. The summed E-state index contributed by atoms with van der Waals surface area (Å²) in [6.45, 7) is 0.729. The van der Waals surface area contributed by atoms with Crippen LogP contribution in [0.3, 0.4) is 0 Å². The summed E-state index contributed by atoms with van der Waals surface area (Å²) in [4.78, 5) is 8.30. The number of ether oxygens (including phenoxy) is 1.